The molecule has 3 unspecified atom stereocenters. The average molecular weight is 470 g/mol. The molecule has 0 spiro atoms. The van der Waals surface area contributed by atoms with Gasteiger partial charge in [-0.05, 0) is 32.1 Å². The zero-order valence-electron chi connectivity index (χ0n) is 21.3. The van der Waals surface area contributed by atoms with Gasteiger partial charge in [-0.2, -0.15) is 0 Å². The van der Waals surface area contributed by atoms with Gasteiger partial charge in [-0.15, -0.1) is 0 Å². The van der Waals surface area contributed by atoms with Crippen molar-refractivity contribution in [3.63, 3.8) is 0 Å². The minimum absolute atomic E-state index is 0.170. The van der Waals surface area contributed by atoms with Gasteiger partial charge in [0.05, 0.1) is 32.1 Å². The van der Waals surface area contributed by atoms with Crippen molar-refractivity contribution in [2.24, 2.45) is 17.8 Å². The van der Waals surface area contributed by atoms with Gasteiger partial charge < -0.3 is 24.6 Å². The summed E-state index contributed by atoms with van der Waals surface area (Å²) in [6, 6.07) is 0. The first kappa shape index (κ1) is 31.1. The van der Waals surface area contributed by atoms with Gasteiger partial charge in [0.15, 0.2) is 0 Å². The molecule has 0 aromatic rings. The summed E-state index contributed by atoms with van der Waals surface area (Å²) in [5.74, 6) is -5.06. The molecule has 192 valence electrons. The van der Waals surface area contributed by atoms with E-state index >= 15 is 0 Å². The maximum Gasteiger partial charge on any atom is 0.312 e. The third-order valence-electron chi connectivity index (χ3n) is 6.74. The fourth-order valence-electron chi connectivity index (χ4n) is 4.48. The Morgan fingerprint density at radius 1 is 0.727 bits per heavy atom. The topological polar surface area (TPSA) is 115 Å². The van der Waals surface area contributed by atoms with Crippen molar-refractivity contribution in [1.29, 1.82) is 0 Å². The van der Waals surface area contributed by atoms with Crippen molar-refractivity contribution in [1.82, 2.24) is 0 Å². The smallest absolute Gasteiger partial charge is 0.312 e. The van der Waals surface area contributed by atoms with Crippen LogP contribution in [0.4, 0.5) is 0 Å². The van der Waals surface area contributed by atoms with Crippen LogP contribution < -0.4 is 5.11 Å². The Morgan fingerprint density at radius 3 is 1.61 bits per heavy atom. The van der Waals surface area contributed by atoms with Crippen molar-refractivity contribution in [3.05, 3.63) is 12.2 Å². The SMILES string of the molecule is CCCCCCC/C=C/CC[N+](CC(CC)C(=O)[O-])(CC(CC)C(=O)O)CC(CC)C(=O)O. The molecule has 0 saturated carbocycles. The third-order valence-corrected chi connectivity index (χ3v) is 6.74. The summed E-state index contributed by atoms with van der Waals surface area (Å²) in [5, 5.41) is 31.1. The summed E-state index contributed by atoms with van der Waals surface area (Å²) in [4.78, 5) is 35.4. The van der Waals surface area contributed by atoms with E-state index in [1.165, 1.54) is 25.7 Å². The van der Waals surface area contributed by atoms with Crippen molar-refractivity contribution < 1.29 is 34.2 Å². The van der Waals surface area contributed by atoms with E-state index in [0.717, 1.165) is 12.8 Å². The van der Waals surface area contributed by atoms with E-state index in [0.29, 0.717) is 32.2 Å². The van der Waals surface area contributed by atoms with Crippen LogP contribution in [0.25, 0.3) is 0 Å². The van der Waals surface area contributed by atoms with E-state index in [2.05, 4.69) is 19.1 Å². The summed E-state index contributed by atoms with van der Waals surface area (Å²) in [6.07, 6.45) is 13.1. The average Bonchev–Trinajstić information content (AvgIpc) is 2.77. The molecule has 2 N–H and O–H groups in total. The molecule has 7 heteroatoms. The molecule has 0 bridgehead atoms. The number of allylic oxidation sites excluding steroid dienone is 1. The van der Waals surface area contributed by atoms with Gasteiger partial charge >= 0.3 is 11.9 Å². The number of hydrogen-bond acceptors (Lipinski definition) is 4. The molecular formula is C26H47NO6. The van der Waals surface area contributed by atoms with Gasteiger partial charge in [-0.25, -0.2) is 0 Å². The molecule has 0 saturated heterocycles. The summed E-state index contributed by atoms with van der Waals surface area (Å²) in [6.45, 7) is 8.73. The molecule has 0 aromatic carbocycles. The molecule has 0 heterocycles. The van der Waals surface area contributed by atoms with Crippen LogP contribution in [-0.4, -0.2) is 58.8 Å². The van der Waals surface area contributed by atoms with Gasteiger partial charge in [0.25, 0.3) is 0 Å². The lowest BCUT2D eigenvalue weighted by atomic mass is 9.96. The minimum atomic E-state index is -1.16. The maximum atomic E-state index is 11.8. The first-order valence-corrected chi connectivity index (χ1v) is 12.8. The van der Waals surface area contributed by atoms with Gasteiger partial charge in [0.1, 0.15) is 11.8 Å². The zero-order valence-corrected chi connectivity index (χ0v) is 21.3. The number of carboxylic acid groups (broad SMARTS) is 3. The molecule has 0 aliphatic heterocycles. The maximum absolute atomic E-state index is 11.8. The van der Waals surface area contributed by atoms with Crippen molar-refractivity contribution in [2.75, 3.05) is 26.2 Å². The van der Waals surface area contributed by atoms with Crippen LogP contribution >= 0.6 is 0 Å². The second-order valence-electron chi connectivity index (χ2n) is 9.39. The van der Waals surface area contributed by atoms with Crippen molar-refractivity contribution in [3.8, 4) is 0 Å². The quantitative estimate of drug-likeness (QED) is 0.149. The van der Waals surface area contributed by atoms with Crippen LogP contribution in [0.3, 0.4) is 0 Å². The second-order valence-corrected chi connectivity index (χ2v) is 9.39. The number of carbonyl (C=O) groups excluding carboxylic acids is 1. The fraction of sp³-hybridized carbons (Fsp3) is 0.808. The van der Waals surface area contributed by atoms with Gasteiger partial charge in [-0.3, -0.25) is 9.59 Å². The van der Waals surface area contributed by atoms with Crippen LogP contribution in [0, 0.1) is 17.8 Å². The van der Waals surface area contributed by atoms with Gasteiger partial charge in [0.2, 0.25) is 0 Å². The standard InChI is InChI=1S/C26H47NO6/c1-5-9-10-11-12-13-14-15-16-17-27(18-21(6-2)24(28)29,19-22(7-3)25(30)31)20-23(8-4)26(32)33/h14-15,21-23H,5-13,16-20H2,1-4H3,(H2-,28,29,30,31,32,33)/b15-14+. The van der Waals surface area contributed by atoms with E-state index < -0.39 is 35.7 Å². The molecule has 7 nitrogen and oxygen atoms in total. The Balaban J connectivity index is 5.66. The predicted molar refractivity (Wildman–Crippen MR) is 128 cm³/mol. The van der Waals surface area contributed by atoms with E-state index in [4.69, 9.17) is 0 Å². The monoisotopic (exact) mass is 469 g/mol. The van der Waals surface area contributed by atoms with Crippen LogP contribution in [0.2, 0.25) is 0 Å². The molecule has 0 rings (SSSR count). The molecule has 0 fully saturated rings. The number of nitrogens with zero attached hydrogens (tertiary/aromatic N) is 1. The van der Waals surface area contributed by atoms with E-state index in [1.807, 2.05) is 0 Å². The fourth-order valence-corrected chi connectivity index (χ4v) is 4.48. The molecule has 33 heavy (non-hydrogen) atoms. The number of carbonyl (C=O) groups is 3. The summed E-state index contributed by atoms with van der Waals surface area (Å²) in [5.41, 5.74) is 0. The number of carboxylic acids is 3. The first-order valence-electron chi connectivity index (χ1n) is 12.8. The number of quaternary nitrogens is 1. The van der Waals surface area contributed by atoms with E-state index in [1.54, 1.807) is 20.8 Å². The lowest BCUT2D eigenvalue weighted by Gasteiger charge is -2.44. The lowest BCUT2D eigenvalue weighted by molar-refractivity contribution is -0.934. The molecular weight excluding hydrogens is 422 g/mol. The molecule has 3 atom stereocenters. The second kappa shape index (κ2) is 17.6. The highest BCUT2D eigenvalue weighted by Gasteiger charge is 2.38. The Labute approximate surface area is 200 Å². The Bertz CT molecular complexity index is 544. The molecule has 0 aliphatic carbocycles. The van der Waals surface area contributed by atoms with Crippen molar-refractivity contribution >= 4 is 17.9 Å². The first-order chi connectivity index (χ1) is 15.7. The third kappa shape index (κ3) is 12.8. The number of rotatable bonds is 21. The highest BCUT2D eigenvalue weighted by molar-refractivity contribution is 5.70. The molecule has 0 amide bonds. The molecule has 0 radical (unpaired) electrons. The highest BCUT2D eigenvalue weighted by atomic mass is 16.4. The highest BCUT2D eigenvalue weighted by Crippen LogP contribution is 2.24. The zero-order chi connectivity index (χ0) is 25.3. The minimum Gasteiger partial charge on any atom is -0.550 e. The number of aliphatic carboxylic acids is 3. The van der Waals surface area contributed by atoms with Gasteiger partial charge in [0, 0.05) is 12.3 Å². The van der Waals surface area contributed by atoms with E-state index in [9.17, 15) is 29.7 Å². The van der Waals surface area contributed by atoms with Crippen molar-refractivity contribution in [2.45, 2.75) is 91.9 Å². The lowest BCUT2D eigenvalue weighted by Crippen LogP contribution is -2.59. The van der Waals surface area contributed by atoms with Gasteiger partial charge in [-0.1, -0.05) is 65.5 Å². The van der Waals surface area contributed by atoms with Crippen LogP contribution in [-0.2, 0) is 14.4 Å². The summed E-state index contributed by atoms with van der Waals surface area (Å²) < 4.78 is 0.170. The van der Waals surface area contributed by atoms with E-state index in [-0.39, 0.29) is 24.1 Å². The van der Waals surface area contributed by atoms with Crippen LogP contribution in [0.1, 0.15) is 91.9 Å². The van der Waals surface area contributed by atoms with Crippen LogP contribution in [0.5, 0.6) is 0 Å². The Hall–Kier alpha value is -1.89. The Kier molecular flexibility index (Phi) is 16.6. The molecule has 0 aromatic heterocycles. The Morgan fingerprint density at radius 2 is 1.18 bits per heavy atom. The number of hydrogen-bond donors (Lipinski definition) is 2. The normalized spacial score (nSPS) is 16.2. The molecule has 0 aliphatic rings. The summed E-state index contributed by atoms with van der Waals surface area (Å²) >= 11 is 0. The van der Waals surface area contributed by atoms with Crippen LogP contribution in [0.15, 0.2) is 12.2 Å². The number of unbranched alkanes of at least 4 members (excludes halogenated alkanes) is 5. The summed E-state index contributed by atoms with van der Waals surface area (Å²) in [7, 11) is 0. The largest absolute Gasteiger partial charge is 0.550 e. The predicted octanol–water partition coefficient (Wildman–Crippen LogP) is 4.11.